The highest BCUT2D eigenvalue weighted by atomic mass is 79.9. The molecule has 1 aromatic carbocycles. The Labute approximate surface area is 90.3 Å². The second kappa shape index (κ2) is 2.76. The first-order valence-electron chi connectivity index (χ1n) is 4.75. The number of aromatic nitrogens is 1. The van der Waals surface area contributed by atoms with Crippen LogP contribution in [0.3, 0.4) is 0 Å². The van der Waals surface area contributed by atoms with Crippen LogP contribution in [0.15, 0.2) is 28.9 Å². The van der Waals surface area contributed by atoms with Gasteiger partial charge in [-0.15, -0.1) is 0 Å². The van der Waals surface area contributed by atoms with Crippen molar-refractivity contribution in [2.75, 3.05) is 0 Å². The fourth-order valence-electron chi connectivity index (χ4n) is 1.89. The zero-order valence-electron chi connectivity index (χ0n) is 7.57. The van der Waals surface area contributed by atoms with E-state index in [0.717, 1.165) is 9.99 Å². The summed E-state index contributed by atoms with van der Waals surface area (Å²) in [7, 11) is 0. The molecule has 1 saturated carbocycles. The summed E-state index contributed by atoms with van der Waals surface area (Å²) in [6.07, 6.45) is 2.53. The second-order valence-corrected chi connectivity index (χ2v) is 4.62. The standard InChI is InChI=1S/C11H10BrNO/c12-11-6-7-5-9(14)3-4-10(7)13(11)8-1-2-8/h3-6,8,14H,1-2H2. The number of halogens is 1. The quantitative estimate of drug-likeness (QED) is 0.826. The van der Waals surface area contributed by atoms with Crippen LogP contribution in [0.2, 0.25) is 0 Å². The lowest BCUT2D eigenvalue weighted by Crippen LogP contribution is -1.92. The second-order valence-electron chi connectivity index (χ2n) is 3.81. The van der Waals surface area contributed by atoms with E-state index in [1.807, 2.05) is 6.07 Å². The van der Waals surface area contributed by atoms with Crippen LogP contribution in [0.25, 0.3) is 10.9 Å². The molecule has 1 aliphatic carbocycles. The van der Waals surface area contributed by atoms with Gasteiger partial charge >= 0.3 is 0 Å². The molecule has 0 radical (unpaired) electrons. The third-order valence-electron chi connectivity index (χ3n) is 2.69. The van der Waals surface area contributed by atoms with Crippen molar-refractivity contribution in [1.29, 1.82) is 0 Å². The highest BCUT2D eigenvalue weighted by Crippen LogP contribution is 2.41. The van der Waals surface area contributed by atoms with Crippen LogP contribution in [-0.4, -0.2) is 9.67 Å². The van der Waals surface area contributed by atoms with Gasteiger partial charge in [-0.05, 0) is 53.0 Å². The van der Waals surface area contributed by atoms with Crippen LogP contribution in [0, 0.1) is 0 Å². The van der Waals surface area contributed by atoms with Crippen LogP contribution >= 0.6 is 15.9 Å². The van der Waals surface area contributed by atoms with Gasteiger partial charge in [0.25, 0.3) is 0 Å². The number of aromatic hydroxyl groups is 1. The molecule has 14 heavy (non-hydrogen) atoms. The molecule has 1 N–H and O–H groups in total. The van der Waals surface area contributed by atoms with Gasteiger partial charge in [-0.25, -0.2) is 0 Å². The number of fused-ring (bicyclic) bond motifs is 1. The fraction of sp³-hybridized carbons (Fsp3) is 0.273. The Kier molecular flexibility index (Phi) is 1.65. The fourth-order valence-corrected chi connectivity index (χ4v) is 2.62. The van der Waals surface area contributed by atoms with E-state index < -0.39 is 0 Å². The van der Waals surface area contributed by atoms with Crippen LogP contribution in [-0.2, 0) is 0 Å². The predicted octanol–water partition coefficient (Wildman–Crippen LogP) is 3.44. The maximum absolute atomic E-state index is 9.36. The number of phenolic OH excluding ortho intramolecular Hbond substituents is 1. The summed E-state index contributed by atoms with van der Waals surface area (Å²) < 4.78 is 3.41. The van der Waals surface area contributed by atoms with Crippen molar-refractivity contribution in [3.05, 3.63) is 28.9 Å². The van der Waals surface area contributed by atoms with E-state index in [9.17, 15) is 5.11 Å². The zero-order chi connectivity index (χ0) is 9.71. The Morgan fingerprint density at radius 1 is 1.29 bits per heavy atom. The molecule has 1 aromatic heterocycles. The highest BCUT2D eigenvalue weighted by molar-refractivity contribution is 9.10. The van der Waals surface area contributed by atoms with Gasteiger partial charge in [0.2, 0.25) is 0 Å². The SMILES string of the molecule is Oc1ccc2c(c1)cc(Br)n2C1CC1. The molecule has 0 aliphatic heterocycles. The molecular weight excluding hydrogens is 242 g/mol. The summed E-state index contributed by atoms with van der Waals surface area (Å²) in [5.74, 6) is 0.331. The summed E-state index contributed by atoms with van der Waals surface area (Å²) in [4.78, 5) is 0. The van der Waals surface area contributed by atoms with Crippen LogP contribution in [0.5, 0.6) is 5.75 Å². The maximum atomic E-state index is 9.36. The smallest absolute Gasteiger partial charge is 0.116 e. The molecule has 3 heteroatoms. The number of phenols is 1. The molecule has 0 unspecified atom stereocenters. The average molecular weight is 252 g/mol. The van der Waals surface area contributed by atoms with E-state index >= 15 is 0 Å². The lowest BCUT2D eigenvalue weighted by Gasteiger charge is -2.04. The number of rotatable bonds is 1. The first-order chi connectivity index (χ1) is 6.75. The molecule has 0 atom stereocenters. The van der Waals surface area contributed by atoms with Gasteiger partial charge in [-0.3, -0.25) is 0 Å². The van der Waals surface area contributed by atoms with Gasteiger partial charge in [-0.1, -0.05) is 0 Å². The minimum atomic E-state index is 0.331. The van der Waals surface area contributed by atoms with E-state index in [1.165, 1.54) is 18.4 Å². The molecule has 1 heterocycles. The van der Waals surface area contributed by atoms with Gasteiger partial charge in [0, 0.05) is 16.9 Å². The molecule has 2 nitrogen and oxygen atoms in total. The Morgan fingerprint density at radius 2 is 2.07 bits per heavy atom. The monoisotopic (exact) mass is 251 g/mol. The Hall–Kier alpha value is -0.960. The summed E-state index contributed by atoms with van der Waals surface area (Å²) in [5, 5.41) is 10.5. The summed E-state index contributed by atoms with van der Waals surface area (Å²) >= 11 is 3.56. The molecule has 0 amide bonds. The largest absolute Gasteiger partial charge is 0.508 e. The number of hydrogen-bond donors (Lipinski definition) is 1. The maximum Gasteiger partial charge on any atom is 0.116 e. The molecule has 0 bridgehead atoms. The number of benzene rings is 1. The van der Waals surface area contributed by atoms with Crippen LogP contribution < -0.4 is 0 Å². The van der Waals surface area contributed by atoms with Crippen molar-refractivity contribution in [2.24, 2.45) is 0 Å². The summed E-state index contributed by atoms with van der Waals surface area (Å²) in [6, 6.07) is 8.25. The van der Waals surface area contributed by atoms with Gasteiger partial charge < -0.3 is 9.67 Å². The minimum absolute atomic E-state index is 0.331. The van der Waals surface area contributed by atoms with Gasteiger partial charge in [0.1, 0.15) is 5.75 Å². The lowest BCUT2D eigenvalue weighted by atomic mass is 10.2. The Morgan fingerprint density at radius 3 is 2.79 bits per heavy atom. The Bertz CT molecular complexity index is 499. The molecule has 2 aromatic rings. The van der Waals surface area contributed by atoms with E-state index in [4.69, 9.17) is 0 Å². The lowest BCUT2D eigenvalue weighted by molar-refractivity contribution is 0.476. The Balaban J connectivity index is 2.32. The summed E-state index contributed by atoms with van der Waals surface area (Å²) in [6.45, 7) is 0. The average Bonchev–Trinajstić information content (AvgIpc) is 2.89. The summed E-state index contributed by atoms with van der Waals surface area (Å²) in [5.41, 5.74) is 1.21. The van der Waals surface area contributed by atoms with E-state index in [-0.39, 0.29) is 0 Å². The van der Waals surface area contributed by atoms with Crippen molar-refractivity contribution in [1.82, 2.24) is 4.57 Å². The first-order valence-corrected chi connectivity index (χ1v) is 5.54. The number of hydrogen-bond acceptors (Lipinski definition) is 1. The minimum Gasteiger partial charge on any atom is -0.508 e. The van der Waals surface area contributed by atoms with Crippen molar-refractivity contribution in [3.8, 4) is 5.75 Å². The van der Waals surface area contributed by atoms with E-state index in [0.29, 0.717) is 11.8 Å². The third-order valence-corrected chi connectivity index (χ3v) is 3.30. The van der Waals surface area contributed by atoms with Crippen molar-refractivity contribution in [3.63, 3.8) is 0 Å². The highest BCUT2D eigenvalue weighted by Gasteiger charge is 2.26. The predicted molar refractivity (Wildman–Crippen MR) is 59.6 cm³/mol. The first kappa shape index (κ1) is 8.36. The molecule has 0 spiro atoms. The zero-order valence-corrected chi connectivity index (χ0v) is 9.16. The van der Waals surface area contributed by atoms with Crippen molar-refractivity contribution < 1.29 is 5.11 Å². The van der Waals surface area contributed by atoms with Gasteiger partial charge in [-0.2, -0.15) is 0 Å². The van der Waals surface area contributed by atoms with Gasteiger partial charge in [0.05, 0.1) is 4.60 Å². The van der Waals surface area contributed by atoms with E-state index in [2.05, 4.69) is 26.6 Å². The normalized spacial score (nSPS) is 16.4. The molecule has 72 valence electrons. The molecule has 0 saturated heterocycles. The third kappa shape index (κ3) is 1.16. The number of nitrogens with zero attached hydrogens (tertiary/aromatic N) is 1. The molecule has 1 aliphatic rings. The molecule has 1 fully saturated rings. The van der Waals surface area contributed by atoms with Crippen molar-refractivity contribution >= 4 is 26.8 Å². The van der Waals surface area contributed by atoms with Crippen molar-refractivity contribution in [2.45, 2.75) is 18.9 Å². The molecular formula is C11H10BrNO. The molecule has 3 rings (SSSR count). The van der Waals surface area contributed by atoms with Crippen LogP contribution in [0.4, 0.5) is 0 Å². The topological polar surface area (TPSA) is 25.2 Å². The van der Waals surface area contributed by atoms with Crippen LogP contribution in [0.1, 0.15) is 18.9 Å². The van der Waals surface area contributed by atoms with Gasteiger partial charge in [0.15, 0.2) is 0 Å². The van der Waals surface area contributed by atoms with E-state index in [1.54, 1.807) is 12.1 Å².